The maximum atomic E-state index is 11.8. The molecule has 1 aliphatic carbocycles. The molecule has 0 saturated heterocycles. The summed E-state index contributed by atoms with van der Waals surface area (Å²) in [5, 5.41) is 8.06. The Morgan fingerprint density at radius 2 is 2.24 bits per heavy atom. The molecule has 21 heavy (non-hydrogen) atoms. The van der Waals surface area contributed by atoms with Crippen LogP contribution in [-0.2, 0) is 4.79 Å². The first-order chi connectivity index (χ1) is 10.1. The van der Waals surface area contributed by atoms with Crippen LogP contribution in [-0.4, -0.2) is 18.2 Å². The van der Waals surface area contributed by atoms with Crippen LogP contribution >= 0.6 is 11.6 Å². The third kappa shape index (κ3) is 4.74. The minimum Gasteiger partial charge on any atom is -0.376 e. The van der Waals surface area contributed by atoms with Crippen LogP contribution < -0.4 is 10.7 Å². The van der Waals surface area contributed by atoms with Crippen molar-refractivity contribution in [2.45, 2.75) is 39.5 Å². The second-order valence-corrected chi connectivity index (χ2v) is 6.03. The van der Waals surface area contributed by atoms with E-state index in [1.165, 1.54) is 12.8 Å². The lowest BCUT2D eigenvalue weighted by Gasteiger charge is -2.19. The molecule has 0 bridgehead atoms. The molecule has 0 heterocycles. The highest BCUT2D eigenvalue weighted by molar-refractivity contribution is 6.30. The van der Waals surface area contributed by atoms with E-state index >= 15 is 0 Å². The number of nitrogens with zero attached hydrogens (tertiary/aromatic N) is 1. The number of aryl methyl sites for hydroxylation is 1. The van der Waals surface area contributed by atoms with Crippen molar-refractivity contribution in [3.05, 3.63) is 28.8 Å². The molecule has 0 radical (unpaired) electrons. The van der Waals surface area contributed by atoms with Gasteiger partial charge in [0.25, 0.3) is 5.91 Å². The Labute approximate surface area is 131 Å². The zero-order valence-corrected chi connectivity index (χ0v) is 13.3. The molecule has 2 rings (SSSR count). The van der Waals surface area contributed by atoms with E-state index in [4.69, 9.17) is 11.6 Å². The minimum absolute atomic E-state index is 0.130. The Morgan fingerprint density at radius 1 is 1.43 bits per heavy atom. The summed E-state index contributed by atoms with van der Waals surface area (Å²) in [6.07, 6.45) is 4.58. The van der Waals surface area contributed by atoms with Crippen LogP contribution in [0.1, 0.15) is 38.2 Å². The average Bonchev–Trinajstić information content (AvgIpc) is 2.45. The van der Waals surface area contributed by atoms with Gasteiger partial charge in [-0.25, -0.2) is 5.43 Å². The summed E-state index contributed by atoms with van der Waals surface area (Å²) in [5.74, 6) is 0.347. The van der Waals surface area contributed by atoms with E-state index in [1.807, 2.05) is 19.1 Å². The second kappa shape index (κ2) is 7.46. The molecule has 1 saturated carbocycles. The van der Waals surface area contributed by atoms with Gasteiger partial charge in [0.1, 0.15) is 0 Å². The molecule has 1 aromatic rings. The van der Waals surface area contributed by atoms with Crippen molar-refractivity contribution in [2.24, 2.45) is 11.0 Å². The van der Waals surface area contributed by atoms with E-state index in [0.29, 0.717) is 10.9 Å². The summed E-state index contributed by atoms with van der Waals surface area (Å²) in [6, 6.07) is 5.55. The predicted molar refractivity (Wildman–Crippen MR) is 87.9 cm³/mol. The summed E-state index contributed by atoms with van der Waals surface area (Å²) < 4.78 is 0. The van der Waals surface area contributed by atoms with Crippen LogP contribution in [0.4, 0.5) is 5.69 Å². The number of carbonyl (C=O) groups is 1. The molecule has 1 aromatic carbocycles. The van der Waals surface area contributed by atoms with E-state index < -0.39 is 0 Å². The second-order valence-electron chi connectivity index (χ2n) is 5.60. The first kappa shape index (κ1) is 15.8. The van der Waals surface area contributed by atoms with Gasteiger partial charge < -0.3 is 5.32 Å². The Bertz CT molecular complexity index is 542. The molecule has 5 heteroatoms. The maximum Gasteiger partial charge on any atom is 0.259 e. The van der Waals surface area contributed by atoms with E-state index in [9.17, 15) is 4.79 Å². The molecular formula is C16H22ClN3O. The smallest absolute Gasteiger partial charge is 0.259 e. The van der Waals surface area contributed by atoms with E-state index in [-0.39, 0.29) is 12.5 Å². The Hall–Kier alpha value is -1.55. The SMILES string of the molecule is Cc1cc(Cl)ccc1NCC(=O)N/N=C1\CCCC[C@@H]1C. The van der Waals surface area contributed by atoms with Gasteiger partial charge in [0.2, 0.25) is 0 Å². The van der Waals surface area contributed by atoms with Gasteiger partial charge in [-0.1, -0.05) is 24.9 Å². The molecule has 0 unspecified atom stereocenters. The highest BCUT2D eigenvalue weighted by Gasteiger charge is 2.16. The molecule has 1 aliphatic rings. The largest absolute Gasteiger partial charge is 0.376 e. The topological polar surface area (TPSA) is 53.5 Å². The maximum absolute atomic E-state index is 11.8. The average molecular weight is 308 g/mol. The van der Waals surface area contributed by atoms with Gasteiger partial charge in [-0.05, 0) is 55.9 Å². The number of halogens is 1. The summed E-state index contributed by atoms with van der Waals surface area (Å²) in [6.45, 7) is 4.32. The molecule has 1 fully saturated rings. The molecular weight excluding hydrogens is 286 g/mol. The first-order valence-electron chi connectivity index (χ1n) is 7.41. The molecule has 0 aliphatic heterocycles. The van der Waals surface area contributed by atoms with Crippen molar-refractivity contribution in [2.75, 3.05) is 11.9 Å². The van der Waals surface area contributed by atoms with Gasteiger partial charge in [-0.15, -0.1) is 0 Å². The molecule has 0 spiro atoms. The van der Waals surface area contributed by atoms with Crippen molar-refractivity contribution < 1.29 is 4.79 Å². The van der Waals surface area contributed by atoms with Gasteiger partial charge in [-0.2, -0.15) is 5.10 Å². The normalized spacial score (nSPS) is 20.3. The van der Waals surface area contributed by atoms with E-state index in [2.05, 4.69) is 22.8 Å². The lowest BCUT2D eigenvalue weighted by molar-refractivity contribution is -0.119. The monoisotopic (exact) mass is 307 g/mol. The number of amides is 1. The fourth-order valence-corrected chi connectivity index (χ4v) is 2.74. The fraction of sp³-hybridized carbons (Fsp3) is 0.500. The zero-order chi connectivity index (χ0) is 15.2. The molecule has 1 atom stereocenters. The summed E-state index contributed by atoms with van der Waals surface area (Å²) >= 11 is 5.90. The Morgan fingerprint density at radius 3 is 2.95 bits per heavy atom. The zero-order valence-electron chi connectivity index (χ0n) is 12.6. The molecule has 2 N–H and O–H groups in total. The number of benzene rings is 1. The highest BCUT2D eigenvalue weighted by Crippen LogP contribution is 2.21. The number of hydrogen-bond donors (Lipinski definition) is 2. The first-order valence-corrected chi connectivity index (χ1v) is 7.79. The van der Waals surface area contributed by atoms with Crippen LogP contribution in [0.2, 0.25) is 5.02 Å². The molecule has 114 valence electrons. The van der Waals surface area contributed by atoms with Crippen LogP contribution in [0.15, 0.2) is 23.3 Å². The highest BCUT2D eigenvalue weighted by atomic mass is 35.5. The lowest BCUT2D eigenvalue weighted by Crippen LogP contribution is -2.29. The van der Waals surface area contributed by atoms with Crippen LogP contribution in [0.3, 0.4) is 0 Å². The Kier molecular flexibility index (Phi) is 5.62. The number of hydrogen-bond acceptors (Lipinski definition) is 3. The Balaban J connectivity index is 1.83. The summed E-state index contributed by atoms with van der Waals surface area (Å²) in [4.78, 5) is 11.8. The summed E-state index contributed by atoms with van der Waals surface area (Å²) in [7, 11) is 0. The van der Waals surface area contributed by atoms with Crippen LogP contribution in [0, 0.1) is 12.8 Å². The van der Waals surface area contributed by atoms with Gasteiger partial charge in [0, 0.05) is 16.4 Å². The van der Waals surface area contributed by atoms with E-state index in [1.54, 1.807) is 6.07 Å². The fourth-order valence-electron chi connectivity index (χ4n) is 2.51. The molecule has 1 amide bonds. The van der Waals surface area contributed by atoms with E-state index in [0.717, 1.165) is 29.8 Å². The number of hydrazone groups is 1. The van der Waals surface area contributed by atoms with Gasteiger partial charge in [-0.3, -0.25) is 4.79 Å². The number of carbonyl (C=O) groups excluding carboxylic acids is 1. The van der Waals surface area contributed by atoms with Crippen molar-refractivity contribution in [3.63, 3.8) is 0 Å². The number of rotatable bonds is 4. The summed E-state index contributed by atoms with van der Waals surface area (Å²) in [5.41, 5.74) is 5.68. The lowest BCUT2D eigenvalue weighted by atomic mass is 9.89. The quantitative estimate of drug-likeness (QED) is 0.833. The van der Waals surface area contributed by atoms with Gasteiger partial charge >= 0.3 is 0 Å². The standard InChI is InChI=1S/C16H22ClN3O/c1-11-5-3-4-6-15(11)19-20-16(21)10-18-14-8-7-13(17)9-12(14)2/h7-9,11,18H,3-6,10H2,1-2H3,(H,20,21)/b19-15+/t11-/m0/s1. The minimum atomic E-state index is -0.130. The van der Waals surface area contributed by atoms with Gasteiger partial charge in [0.05, 0.1) is 6.54 Å². The van der Waals surface area contributed by atoms with Crippen molar-refractivity contribution in [3.8, 4) is 0 Å². The van der Waals surface area contributed by atoms with Crippen LogP contribution in [0.25, 0.3) is 0 Å². The number of nitrogens with one attached hydrogen (secondary N) is 2. The molecule has 0 aromatic heterocycles. The molecule has 4 nitrogen and oxygen atoms in total. The predicted octanol–water partition coefficient (Wildman–Crippen LogP) is 3.74. The number of anilines is 1. The van der Waals surface area contributed by atoms with Crippen LogP contribution in [0.5, 0.6) is 0 Å². The van der Waals surface area contributed by atoms with Gasteiger partial charge in [0.15, 0.2) is 0 Å². The van der Waals surface area contributed by atoms with Crippen molar-refractivity contribution in [1.29, 1.82) is 0 Å². The third-order valence-electron chi connectivity index (χ3n) is 3.84. The van der Waals surface area contributed by atoms with Crippen molar-refractivity contribution in [1.82, 2.24) is 5.43 Å². The third-order valence-corrected chi connectivity index (χ3v) is 4.08. The van der Waals surface area contributed by atoms with Crippen molar-refractivity contribution >= 4 is 28.9 Å².